The van der Waals surface area contributed by atoms with Crippen molar-refractivity contribution in [3.8, 4) is 0 Å². The molecule has 0 radical (unpaired) electrons. The Morgan fingerprint density at radius 3 is 2.69 bits per heavy atom. The molecule has 1 aromatic heterocycles. The van der Waals surface area contributed by atoms with E-state index in [0.717, 1.165) is 15.3 Å². The van der Waals surface area contributed by atoms with E-state index in [4.69, 9.17) is 0 Å². The molecule has 1 heterocycles. The van der Waals surface area contributed by atoms with Crippen LogP contribution in [-0.2, 0) is 5.75 Å². The normalized spacial score (nSPS) is 10.4. The van der Waals surface area contributed by atoms with E-state index in [-0.39, 0.29) is 0 Å². The fourth-order valence-corrected chi connectivity index (χ4v) is 2.98. The van der Waals surface area contributed by atoms with E-state index in [2.05, 4.69) is 51.2 Å². The van der Waals surface area contributed by atoms with Crippen molar-refractivity contribution in [1.29, 1.82) is 0 Å². The van der Waals surface area contributed by atoms with Crippen LogP contribution in [0, 0.1) is 6.92 Å². The zero-order valence-electron chi connectivity index (χ0n) is 8.98. The minimum absolute atomic E-state index is 0.954. The summed E-state index contributed by atoms with van der Waals surface area (Å²) in [4.78, 5) is 4.41. The van der Waals surface area contributed by atoms with Crippen molar-refractivity contribution in [1.82, 2.24) is 4.98 Å². The third-order valence-electron chi connectivity index (χ3n) is 2.16. The number of aryl methyl sites for hydroxylation is 1. The standard InChI is InChI=1S/C13H12BrNS/c1-10-7-12(14)13(15-8-10)16-9-11-5-3-2-4-6-11/h2-8H,9H2,1H3. The number of pyridine rings is 1. The van der Waals surface area contributed by atoms with E-state index < -0.39 is 0 Å². The maximum atomic E-state index is 4.41. The lowest BCUT2D eigenvalue weighted by Gasteiger charge is -2.04. The minimum atomic E-state index is 0.954. The van der Waals surface area contributed by atoms with E-state index >= 15 is 0 Å². The molecular formula is C13H12BrNS. The lowest BCUT2D eigenvalue weighted by Crippen LogP contribution is -1.85. The van der Waals surface area contributed by atoms with Gasteiger partial charge in [0.25, 0.3) is 0 Å². The van der Waals surface area contributed by atoms with Gasteiger partial charge in [-0.2, -0.15) is 0 Å². The molecule has 0 aliphatic carbocycles. The molecule has 0 bridgehead atoms. The highest BCUT2D eigenvalue weighted by Gasteiger charge is 2.02. The van der Waals surface area contributed by atoms with Crippen LogP contribution in [0.3, 0.4) is 0 Å². The zero-order chi connectivity index (χ0) is 11.4. The molecule has 2 rings (SSSR count). The topological polar surface area (TPSA) is 12.9 Å². The first-order valence-corrected chi connectivity index (χ1v) is 6.82. The molecule has 1 nitrogen and oxygen atoms in total. The summed E-state index contributed by atoms with van der Waals surface area (Å²) >= 11 is 5.29. The van der Waals surface area contributed by atoms with Crippen molar-refractivity contribution in [2.45, 2.75) is 17.7 Å². The van der Waals surface area contributed by atoms with Gasteiger partial charge in [0.05, 0.1) is 4.47 Å². The Morgan fingerprint density at radius 2 is 2.00 bits per heavy atom. The summed E-state index contributed by atoms with van der Waals surface area (Å²) in [5.74, 6) is 0.954. The van der Waals surface area contributed by atoms with Crippen LogP contribution < -0.4 is 0 Å². The molecule has 0 N–H and O–H groups in total. The average molecular weight is 294 g/mol. The summed E-state index contributed by atoms with van der Waals surface area (Å²) in [6, 6.07) is 12.5. The van der Waals surface area contributed by atoms with Gasteiger partial charge >= 0.3 is 0 Å². The van der Waals surface area contributed by atoms with Crippen molar-refractivity contribution >= 4 is 27.7 Å². The number of aromatic nitrogens is 1. The molecule has 0 aliphatic heterocycles. The SMILES string of the molecule is Cc1cnc(SCc2ccccc2)c(Br)c1. The zero-order valence-corrected chi connectivity index (χ0v) is 11.4. The van der Waals surface area contributed by atoms with E-state index in [9.17, 15) is 0 Å². The van der Waals surface area contributed by atoms with Crippen LogP contribution in [0.4, 0.5) is 0 Å². The van der Waals surface area contributed by atoms with E-state index in [0.29, 0.717) is 0 Å². The second kappa shape index (κ2) is 5.51. The third kappa shape index (κ3) is 3.09. The monoisotopic (exact) mass is 293 g/mol. The summed E-state index contributed by atoms with van der Waals surface area (Å²) in [5, 5.41) is 1.05. The van der Waals surface area contributed by atoms with Crippen LogP contribution in [0.1, 0.15) is 11.1 Å². The number of nitrogens with zero attached hydrogens (tertiary/aromatic N) is 1. The third-order valence-corrected chi connectivity index (χ3v) is 4.11. The average Bonchev–Trinajstić information content (AvgIpc) is 2.29. The molecule has 0 saturated carbocycles. The molecule has 0 unspecified atom stereocenters. The summed E-state index contributed by atoms with van der Waals surface area (Å²) < 4.78 is 1.08. The predicted octanol–water partition coefficient (Wildman–Crippen LogP) is 4.44. The van der Waals surface area contributed by atoms with Gasteiger partial charge in [-0.1, -0.05) is 30.3 Å². The molecule has 3 heteroatoms. The highest BCUT2D eigenvalue weighted by atomic mass is 79.9. The van der Waals surface area contributed by atoms with Crippen molar-refractivity contribution in [2.24, 2.45) is 0 Å². The first-order chi connectivity index (χ1) is 7.75. The van der Waals surface area contributed by atoms with Gasteiger partial charge in [0.1, 0.15) is 5.03 Å². The first-order valence-electron chi connectivity index (χ1n) is 5.04. The number of halogens is 1. The molecule has 0 atom stereocenters. The van der Waals surface area contributed by atoms with Crippen LogP contribution in [0.5, 0.6) is 0 Å². The Hall–Kier alpha value is -0.800. The Kier molecular flexibility index (Phi) is 4.02. The fourth-order valence-electron chi connectivity index (χ4n) is 1.35. The molecule has 0 spiro atoms. The largest absolute Gasteiger partial charge is 0.248 e. The molecular weight excluding hydrogens is 282 g/mol. The van der Waals surface area contributed by atoms with Gasteiger partial charge in [-0.25, -0.2) is 4.98 Å². The second-order valence-corrected chi connectivity index (χ2v) is 5.39. The second-order valence-electron chi connectivity index (χ2n) is 3.57. The molecule has 0 fully saturated rings. The fraction of sp³-hybridized carbons (Fsp3) is 0.154. The number of rotatable bonds is 3. The summed E-state index contributed by atoms with van der Waals surface area (Å²) in [7, 11) is 0. The van der Waals surface area contributed by atoms with Gasteiger partial charge in [-0.15, -0.1) is 11.8 Å². The van der Waals surface area contributed by atoms with Gasteiger partial charge in [-0.05, 0) is 40.0 Å². The Bertz CT molecular complexity index is 471. The maximum absolute atomic E-state index is 4.41. The molecule has 16 heavy (non-hydrogen) atoms. The highest BCUT2D eigenvalue weighted by molar-refractivity contribution is 9.10. The van der Waals surface area contributed by atoms with Gasteiger partial charge in [0.2, 0.25) is 0 Å². The Balaban J connectivity index is 2.05. The van der Waals surface area contributed by atoms with Gasteiger partial charge in [0.15, 0.2) is 0 Å². The summed E-state index contributed by atoms with van der Waals surface area (Å²) in [5.41, 5.74) is 2.50. The van der Waals surface area contributed by atoms with E-state index in [1.54, 1.807) is 11.8 Å². The number of hydrogen-bond donors (Lipinski definition) is 0. The number of benzene rings is 1. The van der Waals surface area contributed by atoms with Gasteiger partial charge < -0.3 is 0 Å². The molecule has 1 aromatic carbocycles. The minimum Gasteiger partial charge on any atom is -0.248 e. The number of hydrogen-bond acceptors (Lipinski definition) is 2. The number of thioether (sulfide) groups is 1. The van der Waals surface area contributed by atoms with E-state index in [1.807, 2.05) is 19.2 Å². The quantitative estimate of drug-likeness (QED) is 0.776. The van der Waals surface area contributed by atoms with Crippen molar-refractivity contribution < 1.29 is 0 Å². The van der Waals surface area contributed by atoms with Gasteiger partial charge in [0, 0.05) is 11.9 Å². The Labute approximate surface area is 108 Å². The lowest BCUT2D eigenvalue weighted by molar-refractivity contribution is 1.08. The molecule has 0 amide bonds. The molecule has 2 aromatic rings. The Morgan fingerprint density at radius 1 is 1.25 bits per heavy atom. The van der Waals surface area contributed by atoms with Crippen molar-refractivity contribution in [3.63, 3.8) is 0 Å². The lowest BCUT2D eigenvalue weighted by atomic mass is 10.2. The maximum Gasteiger partial charge on any atom is 0.111 e. The smallest absolute Gasteiger partial charge is 0.111 e. The van der Waals surface area contributed by atoms with Gasteiger partial charge in [-0.3, -0.25) is 0 Å². The van der Waals surface area contributed by atoms with Crippen LogP contribution in [-0.4, -0.2) is 4.98 Å². The van der Waals surface area contributed by atoms with Crippen LogP contribution in [0.25, 0.3) is 0 Å². The van der Waals surface area contributed by atoms with Crippen LogP contribution in [0.15, 0.2) is 52.1 Å². The van der Waals surface area contributed by atoms with Crippen LogP contribution in [0.2, 0.25) is 0 Å². The van der Waals surface area contributed by atoms with E-state index in [1.165, 1.54) is 11.1 Å². The molecule has 0 aliphatic rings. The summed E-state index contributed by atoms with van der Waals surface area (Å²) in [6.07, 6.45) is 1.90. The van der Waals surface area contributed by atoms with Crippen LogP contribution >= 0.6 is 27.7 Å². The molecule has 0 saturated heterocycles. The first kappa shape index (κ1) is 11.7. The predicted molar refractivity (Wildman–Crippen MR) is 72.7 cm³/mol. The van der Waals surface area contributed by atoms with Crippen molar-refractivity contribution in [2.75, 3.05) is 0 Å². The van der Waals surface area contributed by atoms with Crippen molar-refractivity contribution in [3.05, 3.63) is 58.2 Å². The summed E-state index contributed by atoms with van der Waals surface area (Å²) in [6.45, 7) is 2.05. The molecule has 82 valence electrons. The highest BCUT2D eigenvalue weighted by Crippen LogP contribution is 2.28.